The van der Waals surface area contributed by atoms with Crippen LogP contribution in [0.25, 0.3) is 0 Å². The van der Waals surface area contributed by atoms with Crippen LogP contribution in [0.2, 0.25) is 0 Å². The molecule has 1 aliphatic rings. The van der Waals surface area contributed by atoms with Crippen molar-refractivity contribution in [2.45, 2.75) is 38.4 Å². The van der Waals surface area contributed by atoms with Crippen molar-refractivity contribution >= 4 is 33.0 Å². The van der Waals surface area contributed by atoms with E-state index in [1.54, 1.807) is 0 Å². The molecular weight excluding hydrogens is 317 g/mol. The highest BCUT2D eigenvalue weighted by Gasteiger charge is 2.30. The number of fused-ring (bicyclic) bond motifs is 1. The van der Waals surface area contributed by atoms with Gasteiger partial charge >= 0.3 is 0 Å². The maximum atomic E-state index is 13.9. The topological polar surface area (TPSA) is 35.4 Å². The predicted octanol–water partition coefficient (Wildman–Crippen LogP) is 3.79. The Hall–Kier alpha value is -0.390. The van der Waals surface area contributed by atoms with E-state index < -0.39 is 16.1 Å². The highest BCUT2D eigenvalue weighted by Crippen LogP contribution is 2.30. The van der Waals surface area contributed by atoms with Crippen molar-refractivity contribution < 1.29 is 8.94 Å². The molecule has 0 amide bonds. The second-order valence-electron chi connectivity index (χ2n) is 5.32. The zero-order chi connectivity index (χ0) is 13.5. The number of halogens is 2. The van der Waals surface area contributed by atoms with E-state index in [4.69, 9.17) is 0 Å². The van der Waals surface area contributed by atoms with E-state index in [1.165, 1.54) is 6.07 Å². The van der Waals surface area contributed by atoms with E-state index in [2.05, 4.69) is 20.3 Å². The van der Waals surface area contributed by atoms with E-state index >= 15 is 0 Å². The molecule has 98 valence electrons. The Balaban J connectivity index is 2.41. The summed E-state index contributed by atoms with van der Waals surface area (Å²) < 4.78 is 30.5. The first-order chi connectivity index (χ1) is 8.29. The van der Waals surface area contributed by atoms with Crippen molar-refractivity contribution in [1.29, 1.82) is 0 Å². The average molecular weight is 332 g/mol. The minimum atomic E-state index is -1.34. The Morgan fingerprint density at radius 2 is 2.00 bits per heavy atom. The van der Waals surface area contributed by atoms with Gasteiger partial charge in [0.2, 0.25) is 0 Å². The number of hydrogen-bond acceptors (Lipinski definition) is 2. The summed E-state index contributed by atoms with van der Waals surface area (Å²) in [6.45, 7) is 5.59. The van der Waals surface area contributed by atoms with Gasteiger partial charge in [0.05, 0.1) is 0 Å². The lowest BCUT2D eigenvalue weighted by molar-refractivity contribution is 0.561. The van der Waals surface area contributed by atoms with Crippen LogP contribution in [0.15, 0.2) is 21.0 Å². The quantitative estimate of drug-likeness (QED) is 0.721. The molecule has 18 heavy (non-hydrogen) atoms. The van der Waals surface area contributed by atoms with Crippen molar-refractivity contribution in [3.63, 3.8) is 0 Å². The molecule has 1 unspecified atom stereocenters. The molecule has 1 aliphatic carbocycles. The highest BCUT2D eigenvalue weighted by atomic mass is 79.9. The van der Waals surface area contributed by atoms with Gasteiger partial charge in [-0.1, -0.05) is 20.3 Å². The van der Waals surface area contributed by atoms with Crippen LogP contribution in [-0.4, -0.2) is 15.0 Å². The standard InChI is InChI=1S/C13H15BrFNOS/c1-13(2,3)18(17)16-11-5-4-8-6-9(14)7-10(15)12(8)11/h6-7H,4-5H2,1-3H3. The summed E-state index contributed by atoms with van der Waals surface area (Å²) in [5, 5.41) is 0. The zero-order valence-electron chi connectivity index (χ0n) is 10.6. The van der Waals surface area contributed by atoms with Crippen molar-refractivity contribution in [3.05, 3.63) is 33.5 Å². The van der Waals surface area contributed by atoms with E-state index in [9.17, 15) is 8.94 Å². The Labute approximate surface area is 118 Å². The van der Waals surface area contributed by atoms with Gasteiger partial charge in [-0.3, -0.25) is 0 Å². The molecule has 1 aromatic carbocycles. The Morgan fingerprint density at radius 1 is 1.33 bits per heavy atom. The molecule has 0 bridgehead atoms. The van der Waals surface area contributed by atoms with Crippen molar-refractivity contribution in [2.24, 2.45) is 4.40 Å². The number of nitrogens with zero attached hydrogens (tertiary/aromatic N) is 1. The average Bonchev–Trinajstić information content (AvgIpc) is 2.59. The molecule has 1 aromatic rings. The van der Waals surface area contributed by atoms with Gasteiger partial charge in [-0.25, -0.2) is 4.39 Å². The van der Waals surface area contributed by atoms with Crippen LogP contribution in [0.3, 0.4) is 0 Å². The monoisotopic (exact) mass is 331 g/mol. The Kier molecular flexibility index (Phi) is 3.85. The van der Waals surface area contributed by atoms with Crippen LogP contribution in [0, 0.1) is 5.82 Å². The molecule has 0 radical (unpaired) electrons. The SMILES string of the molecule is CC(C)(C)[S+]([O-])N=C1CCc2cc(Br)cc(F)c21. The van der Waals surface area contributed by atoms with Crippen LogP contribution in [-0.2, 0) is 17.8 Å². The van der Waals surface area contributed by atoms with Gasteiger partial charge in [0.1, 0.15) is 27.6 Å². The molecule has 2 rings (SSSR count). The molecule has 5 heteroatoms. The first-order valence-electron chi connectivity index (χ1n) is 5.77. The minimum Gasteiger partial charge on any atom is -0.591 e. The lowest BCUT2D eigenvalue weighted by Crippen LogP contribution is -2.26. The molecule has 0 aliphatic heterocycles. The maximum Gasteiger partial charge on any atom is 0.144 e. The van der Waals surface area contributed by atoms with E-state index in [0.717, 1.165) is 16.5 Å². The van der Waals surface area contributed by atoms with Crippen LogP contribution >= 0.6 is 15.9 Å². The Bertz CT molecular complexity index is 510. The predicted molar refractivity (Wildman–Crippen MR) is 76.9 cm³/mol. The normalized spacial score (nSPS) is 19.1. The van der Waals surface area contributed by atoms with Gasteiger partial charge in [-0.05, 0) is 51.3 Å². The molecule has 0 N–H and O–H groups in total. The third-order valence-electron chi connectivity index (χ3n) is 2.77. The smallest absolute Gasteiger partial charge is 0.144 e. The number of benzene rings is 1. The number of aryl methyl sites for hydroxylation is 1. The van der Waals surface area contributed by atoms with Gasteiger partial charge in [0.25, 0.3) is 0 Å². The van der Waals surface area contributed by atoms with Gasteiger partial charge in [-0.2, -0.15) is 0 Å². The van der Waals surface area contributed by atoms with Gasteiger partial charge in [-0.15, -0.1) is 0 Å². The summed E-state index contributed by atoms with van der Waals surface area (Å²) >= 11 is 1.94. The molecule has 0 aromatic heterocycles. The summed E-state index contributed by atoms with van der Waals surface area (Å²) in [4.78, 5) is 0. The first-order valence-corrected chi connectivity index (χ1v) is 7.67. The van der Waals surface area contributed by atoms with Crippen molar-refractivity contribution in [1.82, 2.24) is 0 Å². The maximum absolute atomic E-state index is 13.9. The van der Waals surface area contributed by atoms with E-state index in [0.29, 0.717) is 17.7 Å². The summed E-state index contributed by atoms with van der Waals surface area (Å²) in [5.41, 5.74) is 2.10. The summed E-state index contributed by atoms with van der Waals surface area (Å²) in [6, 6.07) is 3.33. The summed E-state index contributed by atoms with van der Waals surface area (Å²) in [6.07, 6.45) is 1.41. The fraction of sp³-hybridized carbons (Fsp3) is 0.462. The van der Waals surface area contributed by atoms with Gasteiger partial charge < -0.3 is 4.55 Å². The van der Waals surface area contributed by atoms with Crippen molar-refractivity contribution in [3.8, 4) is 0 Å². The van der Waals surface area contributed by atoms with Crippen LogP contribution in [0.4, 0.5) is 4.39 Å². The van der Waals surface area contributed by atoms with E-state index in [-0.39, 0.29) is 5.82 Å². The third-order valence-corrected chi connectivity index (χ3v) is 4.67. The van der Waals surface area contributed by atoms with Gasteiger partial charge in [0, 0.05) is 10.0 Å². The fourth-order valence-corrected chi connectivity index (χ4v) is 2.99. The molecule has 0 fully saturated rings. The molecule has 2 nitrogen and oxygen atoms in total. The summed E-state index contributed by atoms with van der Waals surface area (Å²) in [7, 11) is 0. The molecule has 0 saturated carbocycles. The fourth-order valence-electron chi connectivity index (χ4n) is 1.85. The van der Waals surface area contributed by atoms with E-state index in [1.807, 2.05) is 26.8 Å². The first kappa shape index (κ1) is 14.0. The second kappa shape index (κ2) is 4.94. The lowest BCUT2D eigenvalue weighted by Gasteiger charge is -2.18. The highest BCUT2D eigenvalue weighted by molar-refractivity contribution is 9.10. The molecular formula is C13H15BrFNOS. The molecule has 1 atom stereocenters. The second-order valence-corrected chi connectivity index (χ2v) is 8.14. The lowest BCUT2D eigenvalue weighted by atomic mass is 10.1. The molecule has 0 heterocycles. The zero-order valence-corrected chi connectivity index (χ0v) is 13.0. The summed E-state index contributed by atoms with van der Waals surface area (Å²) in [5.74, 6) is -0.290. The van der Waals surface area contributed by atoms with Crippen LogP contribution < -0.4 is 0 Å². The van der Waals surface area contributed by atoms with Crippen LogP contribution in [0.1, 0.15) is 38.3 Å². The molecule has 0 spiro atoms. The van der Waals surface area contributed by atoms with Crippen LogP contribution in [0.5, 0.6) is 0 Å². The molecule has 0 saturated heterocycles. The largest absolute Gasteiger partial charge is 0.591 e. The number of hydrogen-bond donors (Lipinski definition) is 0. The Morgan fingerprint density at radius 3 is 2.61 bits per heavy atom. The third kappa shape index (κ3) is 2.78. The number of rotatable bonds is 1. The van der Waals surface area contributed by atoms with Gasteiger partial charge in [0.15, 0.2) is 0 Å². The minimum absolute atomic E-state index is 0.290. The van der Waals surface area contributed by atoms with Crippen molar-refractivity contribution in [2.75, 3.05) is 0 Å².